The Kier molecular flexibility index (Phi) is 5.98. The quantitative estimate of drug-likeness (QED) is 0.623. The Hall–Kier alpha value is -3.04. The van der Waals surface area contributed by atoms with Crippen molar-refractivity contribution in [2.75, 3.05) is 18.5 Å². The highest BCUT2D eigenvalue weighted by Gasteiger charge is 2.12. The van der Waals surface area contributed by atoms with Gasteiger partial charge in [-0.1, -0.05) is 31.8 Å². The van der Waals surface area contributed by atoms with Crippen LogP contribution in [0.15, 0.2) is 42.5 Å². The molecule has 0 saturated carbocycles. The van der Waals surface area contributed by atoms with Crippen LogP contribution in [0.25, 0.3) is 0 Å². The number of aryl methyl sites for hydroxylation is 1. The molecule has 2 aromatic rings. The zero-order chi connectivity index (χ0) is 18.4. The molecule has 0 fully saturated rings. The molecule has 0 bridgehead atoms. The van der Waals surface area contributed by atoms with E-state index in [-0.39, 0.29) is 11.7 Å². The minimum absolute atomic E-state index is 0.00606. The van der Waals surface area contributed by atoms with E-state index in [0.29, 0.717) is 12.1 Å². The Morgan fingerprint density at radius 3 is 2.56 bits per heavy atom. The molecule has 0 aliphatic carbocycles. The van der Waals surface area contributed by atoms with Crippen LogP contribution in [0.3, 0.4) is 0 Å². The summed E-state index contributed by atoms with van der Waals surface area (Å²) in [6, 6.07) is 15.3. The molecule has 0 aliphatic heterocycles. The van der Waals surface area contributed by atoms with E-state index >= 15 is 0 Å². The van der Waals surface area contributed by atoms with Gasteiger partial charge in [0.15, 0.2) is 5.78 Å². The number of nitriles is 1. The predicted molar refractivity (Wildman–Crippen MR) is 102 cm³/mol. The van der Waals surface area contributed by atoms with Crippen molar-refractivity contribution in [2.45, 2.75) is 20.8 Å². The summed E-state index contributed by atoms with van der Waals surface area (Å²) in [5, 5.41) is 8.97. The largest absolute Gasteiger partial charge is 0.363 e. The van der Waals surface area contributed by atoms with Gasteiger partial charge in [0.25, 0.3) is 0 Å². The highest BCUT2D eigenvalue weighted by molar-refractivity contribution is 5.98. The Labute approximate surface area is 149 Å². The fourth-order valence-corrected chi connectivity index (χ4v) is 2.49. The third-order valence-electron chi connectivity index (χ3n) is 3.98. The third kappa shape index (κ3) is 4.72. The number of nitrogens with zero attached hydrogens (tertiary/aromatic N) is 2. The van der Waals surface area contributed by atoms with Crippen LogP contribution < -0.4 is 4.90 Å². The number of benzene rings is 2. The van der Waals surface area contributed by atoms with E-state index in [4.69, 9.17) is 5.26 Å². The monoisotopic (exact) mass is 330 g/mol. The van der Waals surface area contributed by atoms with Crippen molar-refractivity contribution >= 4 is 11.5 Å². The first-order chi connectivity index (χ1) is 11.9. The average Bonchev–Trinajstić information content (AvgIpc) is 2.61. The minimum atomic E-state index is -0.00606. The van der Waals surface area contributed by atoms with Crippen LogP contribution in [0.5, 0.6) is 0 Å². The summed E-state index contributed by atoms with van der Waals surface area (Å²) in [6.07, 6.45) is 0. The van der Waals surface area contributed by atoms with Crippen molar-refractivity contribution in [1.82, 2.24) is 0 Å². The van der Waals surface area contributed by atoms with E-state index < -0.39 is 0 Å². The number of rotatable bonds is 4. The van der Waals surface area contributed by atoms with Gasteiger partial charge >= 0.3 is 0 Å². The van der Waals surface area contributed by atoms with E-state index in [2.05, 4.69) is 17.9 Å². The molecular weight excluding hydrogens is 308 g/mol. The Morgan fingerprint density at radius 2 is 1.92 bits per heavy atom. The molecule has 25 heavy (non-hydrogen) atoms. The lowest BCUT2D eigenvalue weighted by Crippen LogP contribution is -2.17. The molecule has 0 unspecified atom stereocenters. The van der Waals surface area contributed by atoms with E-state index in [9.17, 15) is 4.79 Å². The van der Waals surface area contributed by atoms with Gasteiger partial charge in [0.05, 0.1) is 18.2 Å². The summed E-state index contributed by atoms with van der Waals surface area (Å²) in [4.78, 5) is 14.1. The first kappa shape index (κ1) is 18.3. The van der Waals surface area contributed by atoms with Crippen LogP contribution in [0, 0.1) is 36.0 Å². The second-order valence-electron chi connectivity index (χ2n) is 6.37. The van der Waals surface area contributed by atoms with Crippen molar-refractivity contribution < 1.29 is 4.79 Å². The van der Waals surface area contributed by atoms with E-state index in [1.165, 1.54) is 0 Å². The zero-order valence-electron chi connectivity index (χ0n) is 15.1. The molecule has 0 amide bonds. The van der Waals surface area contributed by atoms with Crippen LogP contribution in [0.1, 0.15) is 40.9 Å². The van der Waals surface area contributed by atoms with Gasteiger partial charge in [-0.3, -0.25) is 4.79 Å². The summed E-state index contributed by atoms with van der Waals surface area (Å²) < 4.78 is 0. The summed E-state index contributed by atoms with van der Waals surface area (Å²) >= 11 is 0. The van der Waals surface area contributed by atoms with Crippen molar-refractivity contribution in [1.29, 1.82) is 5.26 Å². The maximum Gasteiger partial charge on any atom is 0.165 e. The van der Waals surface area contributed by atoms with Gasteiger partial charge in [0.1, 0.15) is 0 Å². The second-order valence-corrected chi connectivity index (χ2v) is 6.37. The van der Waals surface area contributed by atoms with Gasteiger partial charge < -0.3 is 4.90 Å². The molecule has 0 heterocycles. The molecule has 0 radical (unpaired) electrons. The second kappa shape index (κ2) is 8.18. The van der Waals surface area contributed by atoms with Gasteiger partial charge in [0, 0.05) is 29.8 Å². The normalized spacial score (nSPS) is 9.92. The summed E-state index contributed by atoms with van der Waals surface area (Å²) in [5.41, 5.74) is 4.23. The van der Waals surface area contributed by atoms with Crippen LogP contribution in [0.2, 0.25) is 0 Å². The number of carbonyl (C=O) groups excluding carboxylic acids is 1. The molecule has 3 heteroatoms. The van der Waals surface area contributed by atoms with E-state index in [0.717, 1.165) is 22.4 Å². The molecular formula is C22H22N2O. The Morgan fingerprint density at radius 1 is 1.16 bits per heavy atom. The number of carbonyl (C=O) groups is 1. The fraction of sp³-hybridized carbons (Fsp3) is 0.273. The lowest BCUT2D eigenvalue weighted by molar-refractivity contribution is 0.0939. The molecule has 126 valence electrons. The maximum atomic E-state index is 12.1. The first-order valence-electron chi connectivity index (χ1n) is 8.27. The molecule has 0 saturated heterocycles. The highest BCUT2D eigenvalue weighted by atomic mass is 16.1. The van der Waals surface area contributed by atoms with Crippen molar-refractivity contribution in [2.24, 2.45) is 5.92 Å². The number of hydrogen-bond acceptors (Lipinski definition) is 3. The Bertz CT molecular complexity index is 879. The predicted octanol–water partition coefficient (Wildman–Crippen LogP) is 4.19. The molecule has 0 aliphatic rings. The third-order valence-corrected chi connectivity index (χ3v) is 3.98. The smallest absolute Gasteiger partial charge is 0.165 e. The SMILES string of the molecule is Cc1cc(C#CCN(C)c2cccc(C#N)c2)ccc1C(=O)C(C)C. The topological polar surface area (TPSA) is 44.1 Å². The molecule has 2 rings (SSSR count). The number of anilines is 1. The zero-order valence-corrected chi connectivity index (χ0v) is 15.1. The fourth-order valence-electron chi connectivity index (χ4n) is 2.49. The van der Waals surface area contributed by atoms with Gasteiger partial charge in [-0.2, -0.15) is 5.26 Å². The van der Waals surface area contributed by atoms with Crippen LogP contribution in [-0.2, 0) is 0 Å². The van der Waals surface area contributed by atoms with Crippen LogP contribution >= 0.6 is 0 Å². The van der Waals surface area contributed by atoms with E-state index in [1.54, 1.807) is 6.07 Å². The highest BCUT2D eigenvalue weighted by Crippen LogP contribution is 2.16. The van der Waals surface area contributed by atoms with Crippen LogP contribution in [-0.4, -0.2) is 19.4 Å². The van der Waals surface area contributed by atoms with Crippen molar-refractivity contribution in [3.8, 4) is 17.9 Å². The average molecular weight is 330 g/mol. The van der Waals surface area contributed by atoms with E-state index in [1.807, 2.05) is 69.1 Å². The van der Waals surface area contributed by atoms with Gasteiger partial charge in [0.2, 0.25) is 0 Å². The molecule has 0 aromatic heterocycles. The molecule has 3 nitrogen and oxygen atoms in total. The lowest BCUT2D eigenvalue weighted by atomic mass is 9.96. The number of ketones is 1. The van der Waals surface area contributed by atoms with Crippen molar-refractivity contribution in [3.63, 3.8) is 0 Å². The standard InChI is InChI=1S/C22H22N2O/c1-16(2)22(25)21-11-10-18(13-17(21)3)8-6-12-24(4)20-9-5-7-19(14-20)15-23/h5,7,9-11,13-14,16H,12H2,1-4H3. The summed E-state index contributed by atoms with van der Waals surface area (Å²) in [5.74, 6) is 6.44. The number of hydrogen-bond donors (Lipinski definition) is 0. The van der Waals surface area contributed by atoms with Gasteiger partial charge in [-0.05, 0) is 48.9 Å². The van der Waals surface area contributed by atoms with Crippen molar-refractivity contribution in [3.05, 3.63) is 64.7 Å². The van der Waals surface area contributed by atoms with Gasteiger partial charge in [-0.15, -0.1) is 0 Å². The lowest BCUT2D eigenvalue weighted by Gasteiger charge is -2.15. The summed E-state index contributed by atoms with van der Waals surface area (Å²) in [7, 11) is 1.95. The molecule has 0 atom stereocenters. The first-order valence-corrected chi connectivity index (χ1v) is 8.27. The molecule has 2 aromatic carbocycles. The number of Topliss-reactive ketones (excluding diaryl/α,β-unsaturated/α-hetero) is 1. The van der Waals surface area contributed by atoms with Gasteiger partial charge in [-0.25, -0.2) is 0 Å². The molecule has 0 N–H and O–H groups in total. The summed E-state index contributed by atoms with van der Waals surface area (Å²) in [6.45, 7) is 6.32. The molecule has 0 spiro atoms. The minimum Gasteiger partial charge on any atom is -0.363 e. The van der Waals surface area contributed by atoms with Crippen LogP contribution in [0.4, 0.5) is 5.69 Å². The maximum absolute atomic E-state index is 12.1. The Balaban J connectivity index is 2.10.